The van der Waals surface area contributed by atoms with Crippen molar-refractivity contribution in [2.75, 3.05) is 0 Å². The molecule has 0 aliphatic rings. The standard InChI is InChI=1S/C10H15N3.2ClH/c1-8(12)13-7-10-4-2-3-9(5-10)6-11;;/h2-5H,6-7,11H2,1H3,(H2,12,13);2*1H/p-2. The summed E-state index contributed by atoms with van der Waals surface area (Å²) < 4.78 is 0. The van der Waals surface area contributed by atoms with Gasteiger partial charge >= 0.3 is 0 Å². The summed E-state index contributed by atoms with van der Waals surface area (Å²) in [5, 5.41) is 0. The van der Waals surface area contributed by atoms with Crippen molar-refractivity contribution in [1.29, 1.82) is 0 Å². The van der Waals surface area contributed by atoms with Crippen LogP contribution in [-0.2, 0) is 13.1 Å². The summed E-state index contributed by atoms with van der Waals surface area (Å²) in [6.45, 7) is 2.99. The molecular formula is C10H15Cl2N3-2. The van der Waals surface area contributed by atoms with Crippen molar-refractivity contribution in [3.8, 4) is 0 Å². The maximum absolute atomic E-state index is 5.51. The summed E-state index contributed by atoms with van der Waals surface area (Å²) in [5.74, 6) is 0.609. The Hall–Kier alpha value is -0.770. The van der Waals surface area contributed by atoms with Crippen molar-refractivity contribution in [2.24, 2.45) is 16.5 Å². The predicted molar refractivity (Wildman–Crippen MR) is 55.3 cm³/mol. The fraction of sp³-hybridized carbons (Fsp3) is 0.300. The van der Waals surface area contributed by atoms with Gasteiger partial charge in [-0.3, -0.25) is 4.99 Å². The maximum Gasteiger partial charge on any atom is 0.0909 e. The molecule has 0 atom stereocenters. The van der Waals surface area contributed by atoms with Crippen molar-refractivity contribution in [3.05, 3.63) is 35.4 Å². The van der Waals surface area contributed by atoms with Crippen molar-refractivity contribution < 1.29 is 24.8 Å². The number of hydrogen-bond acceptors (Lipinski definition) is 2. The van der Waals surface area contributed by atoms with Gasteiger partial charge in [-0.25, -0.2) is 0 Å². The first kappa shape index (κ1) is 16.7. The number of rotatable bonds is 3. The number of nitrogens with two attached hydrogens (primary N) is 2. The highest BCUT2D eigenvalue weighted by atomic mass is 35.5. The number of halogens is 2. The van der Waals surface area contributed by atoms with E-state index in [0.717, 1.165) is 11.1 Å². The number of nitrogens with zero attached hydrogens (tertiary/aromatic N) is 1. The highest BCUT2D eigenvalue weighted by Crippen LogP contribution is 2.05. The largest absolute Gasteiger partial charge is 1.00 e. The SMILES string of the molecule is CC(N)=NCc1cccc(CN)c1.[Cl-].[Cl-]. The van der Waals surface area contributed by atoms with Crippen LogP contribution >= 0.6 is 0 Å². The summed E-state index contributed by atoms with van der Waals surface area (Å²) in [6.07, 6.45) is 0. The van der Waals surface area contributed by atoms with Crippen LogP contribution in [0.2, 0.25) is 0 Å². The van der Waals surface area contributed by atoms with E-state index in [9.17, 15) is 0 Å². The summed E-state index contributed by atoms with van der Waals surface area (Å²) in [6, 6.07) is 8.06. The van der Waals surface area contributed by atoms with Crippen molar-refractivity contribution in [2.45, 2.75) is 20.0 Å². The van der Waals surface area contributed by atoms with Crippen LogP contribution in [0.1, 0.15) is 18.1 Å². The highest BCUT2D eigenvalue weighted by Gasteiger charge is 1.92. The Bertz CT molecular complexity index is 309. The molecule has 0 saturated heterocycles. The Kier molecular flexibility index (Phi) is 9.47. The van der Waals surface area contributed by atoms with E-state index in [1.807, 2.05) is 24.3 Å². The lowest BCUT2D eigenvalue weighted by molar-refractivity contribution is -0.001000. The van der Waals surface area contributed by atoms with Gasteiger partial charge in [-0.15, -0.1) is 0 Å². The van der Waals surface area contributed by atoms with Crippen LogP contribution in [0.15, 0.2) is 29.3 Å². The zero-order valence-electron chi connectivity index (χ0n) is 8.58. The van der Waals surface area contributed by atoms with Crippen molar-refractivity contribution in [3.63, 3.8) is 0 Å². The Morgan fingerprint density at radius 1 is 1.27 bits per heavy atom. The molecule has 0 aliphatic carbocycles. The fourth-order valence-electron chi connectivity index (χ4n) is 1.07. The first-order chi connectivity index (χ1) is 6.22. The highest BCUT2D eigenvalue weighted by molar-refractivity contribution is 5.77. The van der Waals surface area contributed by atoms with E-state index >= 15 is 0 Å². The van der Waals surface area contributed by atoms with Gasteiger partial charge in [-0.2, -0.15) is 0 Å². The van der Waals surface area contributed by atoms with Gasteiger partial charge in [0.25, 0.3) is 0 Å². The monoisotopic (exact) mass is 247 g/mol. The summed E-state index contributed by atoms with van der Waals surface area (Å²) in [5.41, 5.74) is 13.2. The Morgan fingerprint density at radius 3 is 2.40 bits per heavy atom. The fourth-order valence-corrected chi connectivity index (χ4v) is 1.07. The second kappa shape index (κ2) is 8.53. The first-order valence-electron chi connectivity index (χ1n) is 4.27. The Balaban J connectivity index is 0. The minimum absolute atomic E-state index is 0. The van der Waals surface area contributed by atoms with Crippen molar-refractivity contribution >= 4 is 5.84 Å². The molecule has 0 bridgehead atoms. The summed E-state index contributed by atoms with van der Waals surface area (Å²) in [7, 11) is 0. The van der Waals surface area contributed by atoms with E-state index in [4.69, 9.17) is 11.5 Å². The van der Waals surface area contributed by atoms with E-state index in [1.54, 1.807) is 6.92 Å². The molecule has 4 N–H and O–H groups in total. The van der Waals surface area contributed by atoms with Gasteiger partial charge < -0.3 is 36.3 Å². The van der Waals surface area contributed by atoms with Gasteiger partial charge in [-0.1, -0.05) is 24.3 Å². The molecule has 5 heteroatoms. The normalized spacial score (nSPS) is 10.1. The minimum atomic E-state index is 0. The number of aliphatic imine (C=N–C) groups is 1. The van der Waals surface area contributed by atoms with Crippen molar-refractivity contribution in [1.82, 2.24) is 0 Å². The lowest BCUT2D eigenvalue weighted by Crippen LogP contribution is -3.00. The second-order valence-corrected chi connectivity index (χ2v) is 2.98. The Labute approximate surface area is 103 Å². The van der Waals surface area contributed by atoms with Crippen LogP contribution in [0.25, 0.3) is 0 Å². The van der Waals surface area contributed by atoms with Gasteiger partial charge in [-0.05, 0) is 18.1 Å². The molecule has 15 heavy (non-hydrogen) atoms. The third-order valence-corrected chi connectivity index (χ3v) is 1.74. The summed E-state index contributed by atoms with van der Waals surface area (Å²) >= 11 is 0. The molecule has 0 fully saturated rings. The average molecular weight is 248 g/mol. The molecule has 0 saturated carbocycles. The average Bonchev–Trinajstić information content (AvgIpc) is 2.15. The van der Waals surface area contributed by atoms with Crippen LogP contribution in [0.3, 0.4) is 0 Å². The molecule has 1 rings (SSSR count). The molecule has 3 nitrogen and oxygen atoms in total. The number of amidine groups is 1. The molecule has 0 unspecified atom stereocenters. The third-order valence-electron chi connectivity index (χ3n) is 1.74. The smallest absolute Gasteiger partial charge is 0.0909 e. The molecule has 0 aliphatic heterocycles. The second-order valence-electron chi connectivity index (χ2n) is 2.98. The van der Waals surface area contributed by atoms with E-state index in [1.165, 1.54) is 0 Å². The van der Waals surface area contributed by atoms with Crippen LogP contribution in [0.4, 0.5) is 0 Å². The molecule has 0 heterocycles. The van der Waals surface area contributed by atoms with Gasteiger partial charge in [0.1, 0.15) is 0 Å². The topological polar surface area (TPSA) is 64.4 Å². The van der Waals surface area contributed by atoms with Crippen LogP contribution < -0.4 is 36.3 Å². The molecule has 1 aromatic rings. The zero-order valence-corrected chi connectivity index (χ0v) is 10.1. The van der Waals surface area contributed by atoms with E-state index < -0.39 is 0 Å². The van der Waals surface area contributed by atoms with Gasteiger partial charge in [0.2, 0.25) is 0 Å². The quantitative estimate of drug-likeness (QED) is 0.416. The predicted octanol–water partition coefficient (Wildman–Crippen LogP) is -4.97. The number of hydrogen-bond donors (Lipinski definition) is 2. The molecule has 0 amide bonds. The maximum atomic E-state index is 5.51. The molecular weight excluding hydrogens is 233 g/mol. The van der Waals surface area contributed by atoms with Crippen LogP contribution in [0, 0.1) is 0 Å². The lowest BCUT2D eigenvalue weighted by atomic mass is 10.1. The van der Waals surface area contributed by atoms with Gasteiger partial charge in [0, 0.05) is 6.54 Å². The number of benzene rings is 1. The molecule has 0 spiro atoms. The third kappa shape index (κ3) is 6.33. The Morgan fingerprint density at radius 2 is 1.87 bits per heavy atom. The lowest BCUT2D eigenvalue weighted by Gasteiger charge is -2.00. The minimum Gasteiger partial charge on any atom is -1.00 e. The first-order valence-corrected chi connectivity index (χ1v) is 4.27. The zero-order chi connectivity index (χ0) is 9.68. The molecule has 1 aromatic carbocycles. The van der Waals surface area contributed by atoms with Crippen LogP contribution in [-0.4, -0.2) is 5.84 Å². The molecule has 0 radical (unpaired) electrons. The van der Waals surface area contributed by atoms with Gasteiger partial charge in [0.15, 0.2) is 0 Å². The molecule has 0 aromatic heterocycles. The van der Waals surface area contributed by atoms with E-state index in [2.05, 4.69) is 4.99 Å². The van der Waals surface area contributed by atoms with E-state index in [0.29, 0.717) is 18.9 Å². The summed E-state index contributed by atoms with van der Waals surface area (Å²) in [4.78, 5) is 4.12. The molecule has 86 valence electrons. The van der Waals surface area contributed by atoms with Crippen LogP contribution in [0.5, 0.6) is 0 Å². The van der Waals surface area contributed by atoms with E-state index in [-0.39, 0.29) is 24.8 Å². The van der Waals surface area contributed by atoms with Gasteiger partial charge in [0.05, 0.1) is 12.4 Å².